The second kappa shape index (κ2) is 11.8. The van der Waals surface area contributed by atoms with Crippen LogP contribution >= 0.6 is 23.2 Å². The van der Waals surface area contributed by atoms with Crippen molar-refractivity contribution in [2.75, 3.05) is 34.4 Å². The average molecular weight is 650 g/mol. The maximum atomic E-state index is 13.6. The zero-order valence-corrected chi connectivity index (χ0v) is 23.8. The number of cyclic esters (lactones) is 1. The monoisotopic (exact) mass is 649 g/mol. The Balaban J connectivity index is 1.55. The molecule has 0 saturated carbocycles. The van der Waals surface area contributed by atoms with Gasteiger partial charge in [0.1, 0.15) is 11.6 Å². The summed E-state index contributed by atoms with van der Waals surface area (Å²) >= 11 is 12.4. The number of amides is 1. The van der Waals surface area contributed by atoms with E-state index in [2.05, 4.69) is 19.9 Å². The van der Waals surface area contributed by atoms with Gasteiger partial charge in [-0.3, -0.25) is 4.90 Å². The Morgan fingerprint density at radius 2 is 1.65 bits per heavy atom. The lowest BCUT2D eigenvalue weighted by Crippen LogP contribution is -2.39. The van der Waals surface area contributed by atoms with Crippen LogP contribution < -0.4 is 14.7 Å². The number of rotatable bonds is 7. The smallest absolute Gasteiger partial charge is 0.416 e. The van der Waals surface area contributed by atoms with Gasteiger partial charge in [-0.2, -0.15) is 31.3 Å². The summed E-state index contributed by atoms with van der Waals surface area (Å²) in [6, 6.07) is 0.784. The summed E-state index contributed by atoms with van der Waals surface area (Å²) < 4.78 is 86.8. The number of nitrogens with zero attached hydrogens (tertiary/aromatic N) is 7. The standard InChI is InChI=1S/C26H23Cl2F6N7O2/c1-2-17-8-18(13-40(17)21-20(27)11-35-22(28)38-21)41(23-36-9-19(10-37-23)39-3-4-43-24(39)42)12-14-5-15(25(29,30)31)7-16(6-14)26(32,33)34/h5-7,9-11,17-18H,2-4,8,12-13H2,1H3. The Hall–Kier alpha value is -3.59. The van der Waals surface area contributed by atoms with E-state index in [-0.39, 0.29) is 60.2 Å². The number of carbonyl (C=O) groups is 1. The van der Waals surface area contributed by atoms with Crippen molar-refractivity contribution in [2.24, 2.45) is 0 Å². The van der Waals surface area contributed by atoms with Crippen LogP contribution in [0.15, 0.2) is 36.8 Å². The summed E-state index contributed by atoms with van der Waals surface area (Å²) in [5.41, 5.74) is -2.77. The predicted molar refractivity (Wildman–Crippen MR) is 145 cm³/mol. The predicted octanol–water partition coefficient (Wildman–Crippen LogP) is 6.63. The number of benzene rings is 1. The fourth-order valence-electron chi connectivity index (χ4n) is 5.20. The largest absolute Gasteiger partial charge is 0.447 e. The van der Waals surface area contributed by atoms with E-state index >= 15 is 0 Å². The Kier molecular flexibility index (Phi) is 8.49. The van der Waals surface area contributed by atoms with Gasteiger partial charge in [0.2, 0.25) is 11.2 Å². The van der Waals surface area contributed by atoms with Crippen LogP contribution in [0.25, 0.3) is 0 Å². The Morgan fingerprint density at radius 3 is 2.21 bits per heavy atom. The van der Waals surface area contributed by atoms with Crippen molar-refractivity contribution >= 4 is 46.7 Å². The molecule has 2 saturated heterocycles. The van der Waals surface area contributed by atoms with Gasteiger partial charge in [0.25, 0.3) is 0 Å². The van der Waals surface area contributed by atoms with Gasteiger partial charge in [0.05, 0.1) is 48.0 Å². The maximum absolute atomic E-state index is 13.6. The van der Waals surface area contributed by atoms with Crippen molar-refractivity contribution in [1.82, 2.24) is 19.9 Å². The van der Waals surface area contributed by atoms with Gasteiger partial charge in [0.15, 0.2) is 5.82 Å². The Bertz CT molecular complexity index is 1460. The first kappa shape index (κ1) is 30.9. The maximum Gasteiger partial charge on any atom is 0.416 e. The number of halogens is 8. The quantitative estimate of drug-likeness (QED) is 0.208. The highest BCUT2D eigenvalue weighted by Gasteiger charge is 2.40. The third kappa shape index (κ3) is 6.66. The van der Waals surface area contributed by atoms with Gasteiger partial charge in [-0.1, -0.05) is 18.5 Å². The Labute approximate surface area is 251 Å². The summed E-state index contributed by atoms with van der Waals surface area (Å²) in [6.45, 7) is 2.21. The molecule has 0 N–H and O–H groups in total. The number of hydrogen-bond donors (Lipinski definition) is 0. The molecule has 2 fully saturated rings. The molecule has 0 bridgehead atoms. The first-order valence-corrected chi connectivity index (χ1v) is 13.8. The SMILES string of the molecule is CCC1CC(N(Cc2cc(C(F)(F)F)cc(C(F)(F)F)c2)c2ncc(N3CCOC3=O)cn2)CN1c1nc(Cl)ncc1Cl. The molecule has 4 heterocycles. The van der Waals surface area contributed by atoms with E-state index in [1.54, 1.807) is 4.90 Å². The van der Waals surface area contributed by atoms with Crippen molar-refractivity contribution in [3.8, 4) is 0 Å². The number of carbonyl (C=O) groups excluding carboxylic acids is 1. The molecule has 0 spiro atoms. The lowest BCUT2D eigenvalue weighted by molar-refractivity contribution is -0.143. The molecule has 9 nitrogen and oxygen atoms in total. The van der Waals surface area contributed by atoms with Gasteiger partial charge in [0, 0.05) is 19.1 Å². The molecule has 230 valence electrons. The van der Waals surface area contributed by atoms with Crippen LogP contribution in [0, 0.1) is 0 Å². The molecule has 3 aromatic rings. The van der Waals surface area contributed by atoms with E-state index in [9.17, 15) is 31.1 Å². The van der Waals surface area contributed by atoms with E-state index in [1.807, 2.05) is 11.8 Å². The zero-order valence-electron chi connectivity index (χ0n) is 22.3. The van der Waals surface area contributed by atoms with Crippen LogP contribution in [-0.4, -0.2) is 57.8 Å². The number of ether oxygens (including phenoxy) is 1. The highest BCUT2D eigenvalue weighted by Crippen LogP contribution is 2.38. The molecule has 2 atom stereocenters. The van der Waals surface area contributed by atoms with Crippen molar-refractivity contribution < 1.29 is 35.9 Å². The fourth-order valence-corrected chi connectivity index (χ4v) is 5.53. The summed E-state index contributed by atoms with van der Waals surface area (Å²) in [5.74, 6) is 0.383. The third-order valence-electron chi connectivity index (χ3n) is 7.23. The summed E-state index contributed by atoms with van der Waals surface area (Å²) in [7, 11) is 0. The third-order valence-corrected chi connectivity index (χ3v) is 7.68. The number of anilines is 3. The highest BCUT2D eigenvalue weighted by atomic mass is 35.5. The summed E-state index contributed by atoms with van der Waals surface area (Å²) in [4.78, 5) is 33.5. The normalized spacial score (nSPS) is 19.2. The molecular weight excluding hydrogens is 627 g/mol. The van der Waals surface area contributed by atoms with Gasteiger partial charge in [-0.05, 0) is 48.2 Å². The van der Waals surface area contributed by atoms with Gasteiger partial charge >= 0.3 is 18.4 Å². The van der Waals surface area contributed by atoms with Gasteiger partial charge in [-0.15, -0.1) is 0 Å². The molecule has 43 heavy (non-hydrogen) atoms. The molecule has 0 aliphatic carbocycles. The number of alkyl halides is 6. The van der Waals surface area contributed by atoms with E-state index in [4.69, 9.17) is 27.9 Å². The molecule has 2 aliphatic rings. The molecule has 1 aromatic carbocycles. The summed E-state index contributed by atoms with van der Waals surface area (Å²) in [5, 5.41) is 0.179. The molecular formula is C26H23Cl2F6N7O2. The van der Waals surface area contributed by atoms with Gasteiger partial charge in [-0.25, -0.2) is 19.7 Å². The van der Waals surface area contributed by atoms with Crippen LogP contribution in [0.3, 0.4) is 0 Å². The van der Waals surface area contributed by atoms with Crippen molar-refractivity contribution in [2.45, 2.75) is 50.7 Å². The minimum atomic E-state index is -5.01. The van der Waals surface area contributed by atoms with Crippen LogP contribution in [0.2, 0.25) is 10.3 Å². The van der Waals surface area contributed by atoms with Crippen LogP contribution in [-0.2, 0) is 23.6 Å². The Morgan fingerprint density at radius 1 is 1.00 bits per heavy atom. The topological polar surface area (TPSA) is 87.6 Å². The lowest BCUT2D eigenvalue weighted by atomic mass is 10.0. The van der Waals surface area contributed by atoms with Crippen molar-refractivity contribution in [3.05, 3.63) is 63.8 Å². The molecule has 2 aliphatic heterocycles. The number of hydrogen-bond acceptors (Lipinski definition) is 8. The van der Waals surface area contributed by atoms with E-state index in [0.717, 1.165) is 0 Å². The minimum absolute atomic E-state index is 0.0378. The molecule has 5 rings (SSSR count). The minimum Gasteiger partial charge on any atom is -0.447 e. The van der Waals surface area contributed by atoms with E-state index < -0.39 is 35.6 Å². The number of aromatic nitrogens is 4. The zero-order chi connectivity index (χ0) is 31.1. The van der Waals surface area contributed by atoms with E-state index in [1.165, 1.54) is 23.5 Å². The van der Waals surface area contributed by atoms with Crippen molar-refractivity contribution in [3.63, 3.8) is 0 Å². The highest BCUT2D eigenvalue weighted by molar-refractivity contribution is 6.33. The molecule has 2 unspecified atom stereocenters. The molecule has 2 aromatic heterocycles. The first-order valence-electron chi connectivity index (χ1n) is 13.0. The second-order valence-electron chi connectivity index (χ2n) is 9.96. The average Bonchev–Trinajstić information content (AvgIpc) is 3.58. The van der Waals surface area contributed by atoms with Crippen LogP contribution in [0.1, 0.15) is 36.5 Å². The fraction of sp³-hybridized carbons (Fsp3) is 0.423. The molecule has 17 heteroatoms. The molecule has 0 radical (unpaired) electrons. The summed E-state index contributed by atoms with van der Waals surface area (Å²) in [6.07, 6.45) is -5.54. The van der Waals surface area contributed by atoms with Crippen LogP contribution in [0.4, 0.5) is 48.6 Å². The lowest BCUT2D eigenvalue weighted by Gasteiger charge is -2.30. The first-order chi connectivity index (χ1) is 20.2. The van der Waals surface area contributed by atoms with Crippen molar-refractivity contribution in [1.29, 1.82) is 0 Å². The second-order valence-corrected chi connectivity index (χ2v) is 10.7. The molecule has 1 amide bonds. The van der Waals surface area contributed by atoms with Gasteiger partial charge < -0.3 is 14.5 Å². The van der Waals surface area contributed by atoms with Crippen LogP contribution in [0.5, 0.6) is 0 Å². The van der Waals surface area contributed by atoms with E-state index in [0.29, 0.717) is 36.5 Å².